The predicted octanol–water partition coefficient (Wildman–Crippen LogP) is 31.0. The van der Waals surface area contributed by atoms with Crippen LogP contribution in [-0.4, -0.2) is 39.9 Å². The molecule has 0 N–H and O–H groups in total. The topological polar surface area (TPSA) is 103 Å². The summed E-state index contributed by atoms with van der Waals surface area (Å²) in [7, 11) is 0. The van der Waals surface area contributed by atoms with E-state index in [2.05, 4.69) is 126 Å². The van der Waals surface area contributed by atoms with Gasteiger partial charge in [-0.1, -0.05) is 142 Å². The summed E-state index contributed by atoms with van der Waals surface area (Å²) in [6.45, 7) is -4.58. The van der Waals surface area contributed by atoms with Crippen LogP contribution in [0.1, 0.15) is 95.8 Å². The van der Waals surface area contributed by atoms with Gasteiger partial charge in [-0.25, -0.2) is 13.2 Å². The van der Waals surface area contributed by atoms with Crippen molar-refractivity contribution >= 4 is 0 Å². The molecule has 12 aromatic carbocycles. The average molecular weight is 2530 g/mol. The fraction of sp³-hybridized carbons (Fsp3) is 0.0894. The molecule has 0 saturated carbocycles. The minimum absolute atomic E-state index is 0. The average Bonchev–Trinajstić information content (AvgIpc) is 0.772. The molecule has 0 amide bonds. The Morgan fingerprint density at radius 3 is 0.783 bits per heavy atom. The molecule has 15 heteroatoms. The first-order valence-corrected chi connectivity index (χ1v) is 42.4. The van der Waals surface area contributed by atoms with Crippen molar-refractivity contribution in [3.63, 3.8) is 0 Å². The Hall–Kier alpha value is -13.8. The Morgan fingerprint density at radius 1 is 0.268 bits per heavy atom. The number of benzene rings is 12. The Balaban J connectivity index is 0.000000197. The van der Waals surface area contributed by atoms with Gasteiger partial charge in [-0.15, -0.1) is 287 Å². The summed E-state index contributed by atoms with van der Waals surface area (Å²) < 4.78 is 175. The Morgan fingerprint density at radius 2 is 0.522 bits per heavy atom. The second kappa shape index (κ2) is 56.7. The van der Waals surface area contributed by atoms with E-state index >= 15 is 0 Å². The van der Waals surface area contributed by atoms with Crippen molar-refractivity contribution in [2.75, 3.05) is 0 Å². The van der Waals surface area contributed by atoms with Crippen LogP contribution in [0.5, 0.6) is 0 Å². The molecular weight excluding hydrogens is 2420 g/mol. The smallest absolute Gasteiger partial charge is 0.126 e. The van der Waals surface area contributed by atoms with E-state index in [9.17, 15) is 13.2 Å². The third kappa shape index (κ3) is 33.0. The monoisotopic (exact) mass is 2530 g/mol. The molecule has 8 aromatic heterocycles. The van der Waals surface area contributed by atoms with Gasteiger partial charge in [0.25, 0.3) is 0 Å². The third-order valence-electron chi connectivity index (χ3n) is 20.1. The van der Waals surface area contributed by atoms with E-state index in [0.717, 1.165) is 112 Å². The van der Waals surface area contributed by atoms with Gasteiger partial charge >= 0.3 is 0 Å². The second-order valence-electron chi connectivity index (χ2n) is 29.8. The molecule has 0 fully saturated rings. The molecule has 20 rings (SSSR count). The molecule has 0 aliphatic heterocycles. The summed E-state index contributed by atoms with van der Waals surface area (Å²) >= 11 is 0. The van der Waals surface area contributed by atoms with Crippen LogP contribution in [0.25, 0.3) is 135 Å². The van der Waals surface area contributed by atoms with Gasteiger partial charge in [0.2, 0.25) is 0 Å². The van der Waals surface area contributed by atoms with Gasteiger partial charge < -0.3 is 39.9 Å². The Bertz CT molecular complexity index is 7400. The molecule has 8 nitrogen and oxygen atoms in total. The van der Waals surface area contributed by atoms with Crippen LogP contribution >= 0.6 is 0 Å². The molecule has 696 valence electrons. The summed E-state index contributed by atoms with van der Waals surface area (Å²) in [6.07, 6.45) is 10.8. The van der Waals surface area contributed by atoms with Crippen molar-refractivity contribution in [2.45, 2.75) is 74.2 Å². The molecule has 0 bridgehead atoms. The third-order valence-corrected chi connectivity index (χ3v) is 20.1. The van der Waals surface area contributed by atoms with Gasteiger partial charge in [0.15, 0.2) is 0 Å². The maximum Gasteiger partial charge on any atom is 0.126 e. The van der Waals surface area contributed by atoms with Crippen molar-refractivity contribution in [1.29, 1.82) is 0 Å². The van der Waals surface area contributed by atoms with E-state index in [-0.39, 0.29) is 120 Å². The standard InChI is InChI=1S/C20H17FN.C19H15FN.C18H13FN.C18H14N.4C12H10N.4Ir/c1-14(2)18-12-16(8-9-19(18)21)17-10-11-22-20(13-17)15-6-4-3-5-7-15;1-2-14-12-16(8-9-18(14)20)17-10-11-21-19(13-17)15-6-4-3-5-7-15;1-13-11-15(7-8-17(13)19)16-9-10-20-18(12-16)14-5-3-2-4-6-14;1-14-7-9-15(10-8-14)17-11-12-19-18(13-17)16-5-3-2-4-6-16;4*1-10-7-8-12(13-9-10)11-5-3-2-4-6-11;;;;/h3-6,8-14H,1-2H3;3-6,8-13H,2H2,1H3;2-5,7-12H,1H3;2-5,7-13H,1H3;4*2-5,7-9H,1H3;;;;/q8*-1;;;;/i1D3,14D;2D2;;;4*1D3;;;;. The second-order valence-corrected chi connectivity index (χ2v) is 29.8. The summed E-state index contributed by atoms with van der Waals surface area (Å²) in [6, 6.07) is 136. The quantitative estimate of drug-likeness (QED) is 0.0992. The molecule has 1 unspecified atom stereocenters. The van der Waals surface area contributed by atoms with Gasteiger partial charge in [-0.2, -0.15) is 0 Å². The molecule has 0 spiro atoms. The zero-order valence-electron chi connectivity index (χ0n) is 92.9. The number of hydrogen-bond acceptors (Lipinski definition) is 8. The normalized spacial score (nSPS) is 12.9. The fourth-order valence-corrected chi connectivity index (χ4v) is 13.1. The maximum atomic E-state index is 14.3. The molecular formula is C123H99F3Ir4N8-8. The zero-order valence-corrected chi connectivity index (χ0v) is 84.5. The van der Waals surface area contributed by atoms with Crippen LogP contribution in [0.4, 0.5) is 13.2 Å². The van der Waals surface area contributed by atoms with E-state index in [4.69, 9.17) is 24.7 Å². The Kier molecular flexibility index (Phi) is 34.3. The Labute approximate surface area is 890 Å². The molecule has 4 radical (unpaired) electrons. The minimum Gasteiger partial charge on any atom is -0.305 e. The minimum atomic E-state index is -2.64. The largest absolute Gasteiger partial charge is 0.305 e. The molecule has 0 aliphatic carbocycles. The van der Waals surface area contributed by atoms with Crippen LogP contribution in [0.2, 0.25) is 0 Å². The summed E-state index contributed by atoms with van der Waals surface area (Å²) in [4.78, 5) is 34.0. The fourth-order valence-electron chi connectivity index (χ4n) is 13.1. The van der Waals surface area contributed by atoms with Crippen molar-refractivity contribution in [3.8, 4) is 135 Å². The first-order chi connectivity index (χ1) is 72.5. The van der Waals surface area contributed by atoms with E-state index in [1.54, 1.807) is 135 Å². The molecule has 20 aromatic rings. The molecule has 1 atom stereocenters. The number of nitrogens with zero attached hydrogens (tertiary/aromatic N) is 8. The van der Waals surface area contributed by atoms with Gasteiger partial charge in [0.1, 0.15) is 17.5 Å². The first-order valence-electron chi connectivity index (χ1n) is 51.4. The number of pyridine rings is 8. The number of aromatic nitrogens is 8. The molecule has 0 saturated heterocycles. The summed E-state index contributed by atoms with van der Waals surface area (Å²) in [5, 5.41) is 0. The van der Waals surface area contributed by atoms with Crippen molar-refractivity contribution in [2.24, 2.45) is 0 Å². The van der Waals surface area contributed by atoms with Gasteiger partial charge in [-0.05, 0) is 243 Å². The van der Waals surface area contributed by atoms with Gasteiger partial charge in [0, 0.05) is 155 Å². The van der Waals surface area contributed by atoms with E-state index in [1.807, 2.05) is 212 Å². The number of rotatable bonds is 14. The molecule has 138 heavy (non-hydrogen) atoms. The van der Waals surface area contributed by atoms with Crippen LogP contribution in [0.15, 0.2) is 420 Å². The van der Waals surface area contributed by atoms with E-state index in [1.165, 1.54) is 79.6 Å². The van der Waals surface area contributed by atoms with E-state index in [0.29, 0.717) is 16.8 Å². The number of hydrogen-bond donors (Lipinski definition) is 0. The number of aryl methyl sites for hydroxylation is 7. The van der Waals surface area contributed by atoms with Crippen molar-refractivity contribution < 1.29 is 118 Å². The van der Waals surface area contributed by atoms with Crippen LogP contribution in [0, 0.1) is 107 Å². The van der Waals surface area contributed by atoms with Crippen LogP contribution < -0.4 is 0 Å². The van der Waals surface area contributed by atoms with E-state index < -0.39 is 58.2 Å². The van der Waals surface area contributed by atoms with Crippen LogP contribution in [-0.2, 0) is 86.8 Å². The zero-order chi connectivity index (χ0) is 109. The summed E-state index contributed by atoms with van der Waals surface area (Å²) in [5.74, 6) is -3.46. The van der Waals surface area contributed by atoms with Gasteiger partial charge in [-0.3, -0.25) is 0 Å². The first kappa shape index (κ1) is 83.6. The summed E-state index contributed by atoms with van der Waals surface area (Å²) in [5.41, 5.74) is 23.6. The molecule has 8 heterocycles. The van der Waals surface area contributed by atoms with Crippen molar-refractivity contribution in [3.05, 3.63) is 530 Å². The van der Waals surface area contributed by atoms with Crippen molar-refractivity contribution in [1.82, 2.24) is 39.9 Å². The molecule has 0 aliphatic rings. The predicted molar refractivity (Wildman–Crippen MR) is 542 cm³/mol. The van der Waals surface area contributed by atoms with Gasteiger partial charge in [0.05, 0.1) is 0 Å². The number of halogens is 3. The SMILES string of the molecule is Cc1cc(-c2ccnc(-c3[c-]cccc3)c2)ccc1F.Cc1ccc(-c2ccnc(-c3[c-]cccc3)c2)cc1.[2H]C([2H])(C)c1cc(-c2ccnc(-c3[c-]cccc3)c2)ccc1F.[2H]C([2H])([2H])C([2H])(C)c1cc(-c2ccnc(-c3[c-]cccc3)c2)ccc1F.[2H]C([2H])([2H])c1ccc(-c2[c-]cccc2)nc1.[2H]C([2H])([2H])c1ccc(-c2[c-]cccc2)nc1.[2H]C([2H])([2H])c1ccc(-c2[c-]cccc2)nc1.[2H]C([2H])([2H])c1ccc(-c2[c-]cccc2)nc1.[Ir].[Ir].[Ir].[Ir]. The maximum absolute atomic E-state index is 14.3. The van der Waals surface area contributed by atoms with Crippen LogP contribution in [0.3, 0.4) is 0 Å².